The molecule has 1 saturated heterocycles. The van der Waals surface area contributed by atoms with Gasteiger partial charge in [-0.1, -0.05) is 30.7 Å². The monoisotopic (exact) mass is 565 g/mol. The molecule has 214 valence electrons. The van der Waals surface area contributed by atoms with E-state index in [4.69, 9.17) is 24.3 Å². The lowest BCUT2D eigenvalue weighted by Crippen LogP contribution is -2.40. The van der Waals surface area contributed by atoms with E-state index in [1.807, 2.05) is 0 Å². The van der Waals surface area contributed by atoms with Gasteiger partial charge in [-0.3, -0.25) is 14.1 Å². The number of amides is 1. The molecule has 1 aliphatic carbocycles. The number of primary amides is 1. The molecule has 0 spiro atoms. The fraction of sp³-hybridized carbons (Fsp3) is 0.538. The number of nitrogens with one attached hydrogen (secondary N) is 1. The number of carbonyl (C=O) groups is 2. The Hall–Kier alpha value is -2.73. The summed E-state index contributed by atoms with van der Waals surface area (Å²) in [6.45, 7) is 1.06. The van der Waals surface area contributed by atoms with E-state index in [0.717, 1.165) is 32.1 Å². The number of esters is 1. The Labute approximate surface area is 227 Å². The van der Waals surface area contributed by atoms with Gasteiger partial charge in [-0.15, -0.1) is 0 Å². The van der Waals surface area contributed by atoms with Crippen LogP contribution in [0.5, 0.6) is 5.75 Å². The van der Waals surface area contributed by atoms with Crippen LogP contribution in [0.25, 0.3) is 0 Å². The maximum absolute atomic E-state index is 13.8. The summed E-state index contributed by atoms with van der Waals surface area (Å²) < 4.78 is 36.5. The van der Waals surface area contributed by atoms with Crippen molar-refractivity contribution in [3.05, 3.63) is 54.4 Å². The lowest BCUT2D eigenvalue weighted by Gasteiger charge is -2.28. The van der Waals surface area contributed by atoms with Crippen molar-refractivity contribution in [1.29, 1.82) is 0 Å². The highest BCUT2D eigenvalue weighted by Crippen LogP contribution is 2.45. The van der Waals surface area contributed by atoms with Gasteiger partial charge in [0, 0.05) is 18.0 Å². The molecular weight excluding hydrogens is 529 g/mol. The summed E-state index contributed by atoms with van der Waals surface area (Å²) in [5, 5.41) is 23.9. The molecule has 1 aromatic rings. The Morgan fingerprint density at radius 2 is 1.90 bits per heavy atom. The van der Waals surface area contributed by atoms with Crippen molar-refractivity contribution in [3.63, 3.8) is 0 Å². The zero-order valence-electron chi connectivity index (χ0n) is 21.8. The molecule has 4 rings (SSSR count). The van der Waals surface area contributed by atoms with Crippen LogP contribution >= 0.6 is 7.75 Å². The van der Waals surface area contributed by atoms with Crippen LogP contribution in [0.3, 0.4) is 0 Å². The smallest absolute Gasteiger partial charge is 0.459 e. The Morgan fingerprint density at radius 1 is 1.18 bits per heavy atom. The van der Waals surface area contributed by atoms with Gasteiger partial charge in [-0.05, 0) is 51.2 Å². The molecule has 2 aliphatic heterocycles. The van der Waals surface area contributed by atoms with Gasteiger partial charge in [0.15, 0.2) is 6.23 Å². The maximum Gasteiger partial charge on any atom is 0.459 e. The average Bonchev–Trinajstić information content (AvgIpc) is 3.22. The van der Waals surface area contributed by atoms with E-state index in [1.54, 1.807) is 42.6 Å². The molecule has 12 nitrogen and oxygen atoms in total. The molecule has 0 aromatic heterocycles. The number of carbonyl (C=O) groups excluding carboxylic acids is 2. The number of aliphatic hydroxyl groups is 2. The summed E-state index contributed by atoms with van der Waals surface area (Å²) in [7, 11) is -4.20. The second-order valence-electron chi connectivity index (χ2n) is 9.85. The van der Waals surface area contributed by atoms with Crippen LogP contribution in [0.4, 0.5) is 0 Å². The highest BCUT2D eigenvalue weighted by molar-refractivity contribution is 7.52. The molecule has 1 aromatic carbocycles. The van der Waals surface area contributed by atoms with Crippen LogP contribution in [0, 0.1) is 0 Å². The standard InChI is InChI=1S/C26H36N3O9P/c1-17(26(33)36-19-10-4-2-5-11-19)28-39(34,38-20-12-6-3-7-13-20)35-16-21-22(30)23(31)25(37-21)29-14-8-9-18(15-29)24(27)32/h3,6-8,12-15,17,19,21-23,25,30-31H,2,4-5,9-11,16H2,1H3,(H2,27,32)(H,28,34)/t17-,21+,22+,23+,25+,39?/m0/s1. The Kier molecular flexibility index (Phi) is 9.81. The second-order valence-corrected chi connectivity index (χ2v) is 11.5. The third kappa shape index (κ3) is 7.69. The fourth-order valence-electron chi connectivity index (χ4n) is 4.63. The minimum Gasteiger partial charge on any atom is -0.461 e. The number of ether oxygens (including phenoxy) is 2. The SMILES string of the molecule is C[C@H](NP(=O)(OC[C@H]1O[C@@H](N2C=CCC(C(N)=O)=C2)[C@H](O)[C@@H]1O)Oc1ccccc1)C(=O)OC1CCCCC1. The van der Waals surface area contributed by atoms with Gasteiger partial charge in [0.25, 0.3) is 0 Å². The van der Waals surface area contributed by atoms with E-state index in [9.17, 15) is 24.4 Å². The van der Waals surface area contributed by atoms with Crippen molar-refractivity contribution in [2.45, 2.75) is 82.1 Å². The Bertz CT molecular complexity index is 1110. The Balaban J connectivity index is 1.42. The summed E-state index contributed by atoms with van der Waals surface area (Å²) in [6, 6.07) is 7.26. The summed E-state index contributed by atoms with van der Waals surface area (Å²) in [4.78, 5) is 25.7. The largest absolute Gasteiger partial charge is 0.461 e. The minimum atomic E-state index is -4.20. The van der Waals surface area contributed by atoms with E-state index in [-0.39, 0.29) is 11.9 Å². The van der Waals surface area contributed by atoms with E-state index in [2.05, 4.69) is 5.09 Å². The topological polar surface area (TPSA) is 170 Å². The predicted molar refractivity (Wildman–Crippen MR) is 140 cm³/mol. The number of allylic oxidation sites excluding steroid dienone is 1. The molecule has 0 radical (unpaired) electrons. The van der Waals surface area contributed by atoms with Crippen molar-refractivity contribution in [1.82, 2.24) is 9.99 Å². The molecule has 3 aliphatic rings. The van der Waals surface area contributed by atoms with Crippen LogP contribution in [-0.2, 0) is 28.2 Å². The van der Waals surface area contributed by atoms with Crippen molar-refractivity contribution in [2.24, 2.45) is 5.73 Å². The molecule has 2 fully saturated rings. The number of benzene rings is 1. The molecular formula is C26H36N3O9P. The fourth-order valence-corrected chi connectivity index (χ4v) is 6.14. The number of rotatable bonds is 11. The first-order valence-corrected chi connectivity index (χ1v) is 14.6. The molecule has 2 heterocycles. The number of nitrogens with zero attached hydrogens (tertiary/aromatic N) is 1. The molecule has 6 atom stereocenters. The predicted octanol–water partition coefficient (Wildman–Crippen LogP) is 2.08. The zero-order chi connectivity index (χ0) is 28.0. The minimum absolute atomic E-state index is 0.181. The number of hydrogen-bond acceptors (Lipinski definition) is 10. The van der Waals surface area contributed by atoms with E-state index >= 15 is 0 Å². The number of para-hydroxylation sites is 1. The van der Waals surface area contributed by atoms with Crippen molar-refractivity contribution in [3.8, 4) is 5.75 Å². The highest BCUT2D eigenvalue weighted by atomic mass is 31.2. The second kappa shape index (κ2) is 13.1. The number of aliphatic hydroxyl groups excluding tert-OH is 2. The van der Waals surface area contributed by atoms with E-state index < -0.39 is 56.8 Å². The van der Waals surface area contributed by atoms with Gasteiger partial charge in [0.2, 0.25) is 5.91 Å². The third-order valence-corrected chi connectivity index (χ3v) is 8.43. The van der Waals surface area contributed by atoms with Gasteiger partial charge in [-0.25, -0.2) is 4.57 Å². The molecule has 1 saturated carbocycles. The average molecular weight is 566 g/mol. The molecule has 0 bridgehead atoms. The first-order valence-electron chi connectivity index (χ1n) is 13.1. The van der Waals surface area contributed by atoms with Crippen LogP contribution in [0.15, 0.2) is 54.4 Å². The zero-order valence-corrected chi connectivity index (χ0v) is 22.7. The molecule has 1 amide bonds. The Morgan fingerprint density at radius 3 is 2.59 bits per heavy atom. The summed E-state index contributed by atoms with van der Waals surface area (Å²) in [5.41, 5.74) is 5.67. The van der Waals surface area contributed by atoms with Gasteiger partial charge >= 0.3 is 13.7 Å². The number of nitrogens with two attached hydrogens (primary N) is 1. The van der Waals surface area contributed by atoms with Crippen LogP contribution in [0.1, 0.15) is 45.4 Å². The first-order chi connectivity index (χ1) is 18.6. The number of hydrogen-bond donors (Lipinski definition) is 4. The van der Waals surface area contributed by atoms with Crippen molar-refractivity contribution >= 4 is 19.6 Å². The molecule has 13 heteroatoms. The first kappa shape index (κ1) is 29.3. The highest BCUT2D eigenvalue weighted by Gasteiger charge is 2.46. The van der Waals surface area contributed by atoms with Crippen LogP contribution in [-0.4, -0.2) is 70.3 Å². The van der Waals surface area contributed by atoms with Crippen molar-refractivity contribution < 1.29 is 42.9 Å². The van der Waals surface area contributed by atoms with E-state index in [1.165, 1.54) is 18.0 Å². The lowest BCUT2D eigenvalue weighted by molar-refractivity contribution is -0.152. The van der Waals surface area contributed by atoms with Crippen LogP contribution in [0.2, 0.25) is 0 Å². The summed E-state index contributed by atoms with van der Waals surface area (Å²) in [5.74, 6) is -0.961. The maximum atomic E-state index is 13.8. The van der Waals surface area contributed by atoms with Gasteiger partial charge in [0.05, 0.1) is 6.61 Å². The van der Waals surface area contributed by atoms with Gasteiger partial charge in [0.1, 0.15) is 36.2 Å². The quantitative estimate of drug-likeness (QED) is 0.229. The normalized spacial score (nSPS) is 27.9. The van der Waals surface area contributed by atoms with Gasteiger partial charge in [-0.2, -0.15) is 5.09 Å². The van der Waals surface area contributed by atoms with Crippen molar-refractivity contribution in [2.75, 3.05) is 6.61 Å². The van der Waals surface area contributed by atoms with Crippen LogP contribution < -0.4 is 15.3 Å². The van der Waals surface area contributed by atoms with Gasteiger partial charge < -0.3 is 34.8 Å². The third-order valence-electron chi connectivity index (χ3n) is 6.79. The summed E-state index contributed by atoms with van der Waals surface area (Å²) >= 11 is 0. The molecule has 1 unspecified atom stereocenters. The lowest BCUT2D eigenvalue weighted by atomic mass is 9.98. The molecule has 39 heavy (non-hydrogen) atoms. The molecule has 5 N–H and O–H groups in total. The van der Waals surface area contributed by atoms with E-state index in [0.29, 0.717) is 12.0 Å². The summed E-state index contributed by atoms with van der Waals surface area (Å²) in [6.07, 6.45) is 4.58.